The maximum atomic E-state index is 12.7. The zero-order chi connectivity index (χ0) is 23.4. The van der Waals surface area contributed by atoms with Gasteiger partial charge in [-0.2, -0.15) is 13.2 Å². The molecule has 0 fully saturated rings. The van der Waals surface area contributed by atoms with Crippen molar-refractivity contribution >= 4 is 7.82 Å². The quantitative estimate of drug-likeness (QED) is 0.248. The fraction of sp³-hybridized carbons (Fsp3) is 0.684. The molecule has 1 atom stereocenters. The van der Waals surface area contributed by atoms with Gasteiger partial charge in [0, 0.05) is 0 Å². The summed E-state index contributed by atoms with van der Waals surface area (Å²) in [5.74, 6) is -0.910. The van der Waals surface area contributed by atoms with Crippen molar-refractivity contribution < 1.29 is 42.3 Å². The molecular weight excluding hydrogens is 426 g/mol. The molecule has 0 aliphatic carbocycles. The van der Waals surface area contributed by atoms with Gasteiger partial charge in [0.2, 0.25) is 0 Å². The molecule has 0 heterocycles. The fourth-order valence-corrected chi connectivity index (χ4v) is 2.87. The van der Waals surface area contributed by atoms with Gasteiger partial charge in [0.1, 0.15) is 5.75 Å². The Balaban J connectivity index is 0.00000103. The van der Waals surface area contributed by atoms with Crippen LogP contribution >= 0.6 is 7.82 Å². The van der Waals surface area contributed by atoms with Gasteiger partial charge >= 0.3 is 14.0 Å². The Kier molecular flexibility index (Phi) is 12.8. The van der Waals surface area contributed by atoms with Gasteiger partial charge in [-0.15, -0.1) is 0 Å². The lowest BCUT2D eigenvalue weighted by atomic mass is 9.93. The first-order valence-electron chi connectivity index (χ1n) is 9.77. The zero-order valence-electron chi connectivity index (χ0n) is 17.4. The van der Waals surface area contributed by atoms with Crippen molar-refractivity contribution in [2.24, 2.45) is 5.73 Å². The summed E-state index contributed by atoms with van der Waals surface area (Å²) in [5.41, 5.74) is 3.17. The summed E-state index contributed by atoms with van der Waals surface area (Å²) in [6.45, 7) is 3.14. The minimum Gasteiger partial charge on any atom is -0.507 e. The lowest BCUT2D eigenvalue weighted by Crippen LogP contribution is -2.48. The molecule has 0 aliphatic rings. The molecule has 6 N–H and O–H groups in total. The van der Waals surface area contributed by atoms with Crippen LogP contribution in [-0.2, 0) is 21.7 Å². The summed E-state index contributed by atoms with van der Waals surface area (Å²) in [4.78, 5) is 17.2. The van der Waals surface area contributed by atoms with E-state index in [0.717, 1.165) is 12.1 Å². The van der Waals surface area contributed by atoms with Crippen LogP contribution in [0.25, 0.3) is 0 Å². The number of phenolic OH excluding ortho intramolecular Hbond substituents is 1. The highest BCUT2D eigenvalue weighted by Gasteiger charge is 2.34. The number of hydrogen-bond acceptors (Lipinski definition) is 5. The SMILES string of the molecule is CCCCCCC.NC(CO)(CCc1ccc(O)c(C(F)(F)F)c1)COP(=O)(O)O. The number of rotatable bonds is 11. The molecule has 11 heteroatoms. The number of halogens is 3. The molecule has 1 rings (SSSR count). The van der Waals surface area contributed by atoms with Crippen LogP contribution in [0, 0.1) is 0 Å². The second-order valence-corrected chi connectivity index (χ2v) is 8.43. The van der Waals surface area contributed by atoms with Crippen LogP contribution in [0.1, 0.15) is 63.5 Å². The van der Waals surface area contributed by atoms with E-state index in [9.17, 15) is 27.9 Å². The van der Waals surface area contributed by atoms with Crippen molar-refractivity contribution in [3.8, 4) is 5.75 Å². The average Bonchev–Trinajstić information content (AvgIpc) is 2.65. The van der Waals surface area contributed by atoms with E-state index in [1.165, 1.54) is 38.2 Å². The molecule has 0 saturated carbocycles. The Morgan fingerprint density at radius 2 is 1.67 bits per heavy atom. The van der Waals surface area contributed by atoms with E-state index in [1.807, 2.05) is 0 Å². The summed E-state index contributed by atoms with van der Waals surface area (Å²) < 4.78 is 52.9. The Labute approximate surface area is 175 Å². The summed E-state index contributed by atoms with van der Waals surface area (Å²) in [6, 6.07) is 2.89. The van der Waals surface area contributed by atoms with E-state index in [4.69, 9.17) is 15.5 Å². The first kappa shape index (κ1) is 28.8. The summed E-state index contributed by atoms with van der Waals surface area (Å²) in [7, 11) is -4.78. The van der Waals surface area contributed by atoms with E-state index in [2.05, 4.69) is 18.4 Å². The Morgan fingerprint density at radius 1 is 1.10 bits per heavy atom. The third-order valence-corrected chi connectivity index (χ3v) is 4.79. The van der Waals surface area contributed by atoms with Crippen molar-refractivity contribution in [2.45, 2.75) is 70.5 Å². The van der Waals surface area contributed by atoms with Crippen molar-refractivity contribution in [3.63, 3.8) is 0 Å². The molecule has 7 nitrogen and oxygen atoms in total. The van der Waals surface area contributed by atoms with Crippen LogP contribution < -0.4 is 5.73 Å². The third kappa shape index (κ3) is 12.5. The molecule has 0 spiro atoms. The van der Waals surface area contributed by atoms with Gasteiger partial charge in [-0.05, 0) is 30.5 Å². The summed E-state index contributed by atoms with van der Waals surface area (Å²) in [6.07, 6.45) is 2.17. The molecule has 0 amide bonds. The predicted octanol–water partition coefficient (Wildman–Crippen LogP) is 4.12. The lowest BCUT2D eigenvalue weighted by Gasteiger charge is -2.27. The number of aliphatic hydroxyl groups excluding tert-OH is 1. The molecule has 0 aromatic heterocycles. The van der Waals surface area contributed by atoms with Gasteiger partial charge < -0.3 is 25.7 Å². The molecule has 1 unspecified atom stereocenters. The van der Waals surface area contributed by atoms with Crippen LogP contribution in [0.5, 0.6) is 5.75 Å². The largest absolute Gasteiger partial charge is 0.507 e. The number of unbranched alkanes of at least 4 members (excludes halogenated alkanes) is 4. The second kappa shape index (κ2) is 13.3. The number of phosphoric acid groups is 1. The van der Waals surface area contributed by atoms with Gasteiger partial charge in [0.05, 0.1) is 24.3 Å². The molecule has 30 heavy (non-hydrogen) atoms. The summed E-state index contributed by atoms with van der Waals surface area (Å²) in [5, 5.41) is 18.4. The van der Waals surface area contributed by atoms with Gasteiger partial charge in [-0.25, -0.2) is 4.57 Å². The van der Waals surface area contributed by atoms with Crippen LogP contribution in [0.2, 0.25) is 0 Å². The predicted molar refractivity (Wildman–Crippen MR) is 108 cm³/mol. The Bertz CT molecular complexity index is 664. The van der Waals surface area contributed by atoms with Crippen LogP contribution in [0.4, 0.5) is 13.2 Å². The van der Waals surface area contributed by atoms with Crippen LogP contribution in [-0.4, -0.2) is 38.8 Å². The standard InChI is InChI=1S/C12H17F3NO6P.C7H16/c13-12(14,15)9-5-8(1-2-10(9)18)3-4-11(16,6-17)7-22-23(19,20)21;1-3-5-7-6-4-2/h1-2,5,17-18H,3-4,6-7,16H2,(H2,19,20,21);3-7H2,1-2H3. The van der Waals surface area contributed by atoms with E-state index in [1.54, 1.807) is 0 Å². The fourth-order valence-electron chi connectivity index (χ4n) is 2.45. The number of aryl methyl sites for hydroxylation is 1. The number of benzene rings is 1. The van der Waals surface area contributed by atoms with Crippen molar-refractivity contribution in [1.82, 2.24) is 0 Å². The Hall–Kier alpha value is -1.16. The van der Waals surface area contributed by atoms with Gasteiger partial charge in [0.25, 0.3) is 0 Å². The third-order valence-electron chi connectivity index (χ3n) is 4.32. The minimum atomic E-state index is -4.78. The molecule has 176 valence electrons. The number of phenols is 1. The number of alkyl halides is 3. The first-order valence-corrected chi connectivity index (χ1v) is 11.3. The molecule has 1 aromatic carbocycles. The van der Waals surface area contributed by atoms with E-state index < -0.39 is 44.1 Å². The highest BCUT2D eigenvalue weighted by Crippen LogP contribution is 2.38. The van der Waals surface area contributed by atoms with Crippen molar-refractivity contribution in [2.75, 3.05) is 13.2 Å². The zero-order valence-corrected chi connectivity index (χ0v) is 18.3. The van der Waals surface area contributed by atoms with Gasteiger partial charge in [0.15, 0.2) is 0 Å². The molecule has 0 saturated heterocycles. The topological polar surface area (TPSA) is 133 Å². The maximum Gasteiger partial charge on any atom is 0.469 e. The second-order valence-electron chi connectivity index (χ2n) is 7.19. The number of hydrogen-bond donors (Lipinski definition) is 5. The first-order chi connectivity index (χ1) is 13.8. The summed E-state index contributed by atoms with van der Waals surface area (Å²) >= 11 is 0. The van der Waals surface area contributed by atoms with E-state index in [0.29, 0.717) is 0 Å². The molecular formula is C19H33F3NO6P. The average molecular weight is 459 g/mol. The van der Waals surface area contributed by atoms with E-state index in [-0.39, 0.29) is 18.4 Å². The van der Waals surface area contributed by atoms with Gasteiger partial charge in [-0.3, -0.25) is 4.52 Å². The molecule has 0 radical (unpaired) electrons. The number of aromatic hydroxyl groups is 1. The highest BCUT2D eigenvalue weighted by molar-refractivity contribution is 7.46. The minimum absolute atomic E-state index is 0.0229. The lowest BCUT2D eigenvalue weighted by molar-refractivity contribution is -0.138. The number of nitrogens with two attached hydrogens (primary N) is 1. The molecule has 0 bridgehead atoms. The van der Waals surface area contributed by atoms with Crippen molar-refractivity contribution in [3.05, 3.63) is 29.3 Å². The molecule has 0 aliphatic heterocycles. The normalized spacial score (nSPS) is 14.0. The smallest absolute Gasteiger partial charge is 0.469 e. The van der Waals surface area contributed by atoms with Gasteiger partial charge in [-0.1, -0.05) is 52.0 Å². The monoisotopic (exact) mass is 459 g/mol. The Morgan fingerprint density at radius 3 is 2.10 bits per heavy atom. The van der Waals surface area contributed by atoms with Crippen LogP contribution in [0.3, 0.4) is 0 Å². The molecule has 1 aromatic rings. The van der Waals surface area contributed by atoms with Crippen LogP contribution in [0.15, 0.2) is 18.2 Å². The number of aliphatic hydroxyl groups is 1. The number of phosphoric ester groups is 1. The van der Waals surface area contributed by atoms with E-state index >= 15 is 0 Å². The highest BCUT2D eigenvalue weighted by atomic mass is 31.2. The van der Waals surface area contributed by atoms with Crippen molar-refractivity contribution in [1.29, 1.82) is 0 Å². The maximum absolute atomic E-state index is 12.7.